The van der Waals surface area contributed by atoms with Crippen molar-refractivity contribution in [2.45, 2.75) is 97.3 Å². The van der Waals surface area contributed by atoms with E-state index < -0.39 is 17.6 Å². The maximum absolute atomic E-state index is 13.2. The van der Waals surface area contributed by atoms with Crippen molar-refractivity contribution in [2.75, 3.05) is 0 Å². The number of carbonyl (C=O) groups is 2. The van der Waals surface area contributed by atoms with Crippen LogP contribution in [0.1, 0.15) is 119 Å². The molecule has 0 aliphatic heterocycles. The van der Waals surface area contributed by atoms with E-state index in [-0.39, 0.29) is 119 Å². The number of para-hydroxylation sites is 1. The molecule has 13 aromatic carbocycles. The third-order valence-electron chi connectivity index (χ3n) is 27.4. The fourth-order valence-electron chi connectivity index (χ4n) is 19.5. The van der Waals surface area contributed by atoms with E-state index in [9.17, 15) is 18.4 Å². The predicted octanol–water partition coefficient (Wildman–Crippen LogP) is 31.4. The fraction of sp³-hybridized carbons (Fsp3) is 0.126. The predicted molar refractivity (Wildman–Crippen MR) is 561 cm³/mol. The van der Waals surface area contributed by atoms with Crippen LogP contribution in [0.25, 0.3) is 167 Å². The average Bonchev–Trinajstić information content (AvgIpc) is 1.52. The first-order chi connectivity index (χ1) is 68.0. The Morgan fingerprint density at radius 1 is 0.389 bits per heavy atom. The van der Waals surface area contributed by atoms with Crippen LogP contribution in [0.15, 0.2) is 401 Å². The Kier molecular flexibility index (Phi) is 34.7. The topological polar surface area (TPSA) is 165 Å². The molecule has 2 atom stereocenters. The van der Waals surface area contributed by atoms with Crippen molar-refractivity contribution in [2.24, 2.45) is 5.41 Å². The second kappa shape index (κ2) is 47.4. The Bertz CT molecular complexity index is 7760. The molecule has 1 fully saturated rings. The fourth-order valence-corrected chi connectivity index (χ4v) is 19.5. The Hall–Kier alpha value is -14.2. The number of carboxylic acids is 1. The quantitative estimate of drug-likeness (QED) is 0.0461. The van der Waals surface area contributed by atoms with E-state index >= 15 is 0 Å². The number of hydrogen-bond donors (Lipinski definition) is 2. The van der Waals surface area contributed by atoms with Gasteiger partial charge in [0.2, 0.25) is 0 Å². The summed E-state index contributed by atoms with van der Waals surface area (Å²) >= 11 is 0. The third kappa shape index (κ3) is 22.9. The van der Waals surface area contributed by atoms with Crippen molar-refractivity contribution in [1.29, 1.82) is 0 Å². The zero-order valence-electron chi connectivity index (χ0n) is 80.2. The minimum atomic E-state index is -0.990. The van der Waals surface area contributed by atoms with Crippen LogP contribution in [0.5, 0.6) is 0 Å². The smallest absolute Gasteiger partial charge is 0.512 e. The number of aromatic carboxylic acids is 1. The number of hydrogen-bond acceptors (Lipinski definition) is 10. The van der Waals surface area contributed by atoms with Crippen molar-refractivity contribution in [3.05, 3.63) is 477 Å². The maximum Gasteiger partial charge on any atom is 3.00 e. The van der Waals surface area contributed by atoms with Gasteiger partial charge in [-0.25, -0.2) is 9.78 Å². The molecular formula is C127H99F2Ir4N7O4-3. The first-order valence-corrected chi connectivity index (χ1v) is 46.8. The van der Waals surface area contributed by atoms with Gasteiger partial charge in [-0.2, -0.15) is 0 Å². The van der Waals surface area contributed by atoms with Crippen molar-refractivity contribution in [3.8, 4) is 134 Å². The molecule has 2 N–H and O–H groups in total. The Morgan fingerprint density at radius 3 is 1.38 bits per heavy atom. The standard InChI is InChI=1S/C63H40N3.C22H24N.C20H16N.C11H6F2N.C6H5NO2.C5H8O2.4Ir/c1-5-19-44(20-6-1)59-40-63(47-25-11-4-12-26-47)66-43-60(59)58-32-18-17-31-57(58)52-38-50(55-29-15-13-27-53(55)48-33-35-61(64-41-48)45-21-7-2-8-22-45)37-51(39-52)56-30-16-14-28-54(56)49-34-36-62(65-42-49)46-23-9-3-10-24-46;1-20(2)17-12-11-16-15(18(17)21(3,4)22(20,5)6)10-9-14-8-7-13-23-19(14)16;1-2-6-13(7-3-1)20-19-15-11-10-14(12-15)18(19)16-8-4-5-9-17(16)21-20;12-8-4-5-9(10(13)7-8)11-3-1-2-6-14-11;8-6(9)5-3-1-2-4-7-5;1-4(6)3-5(2)7;;;;/h1-21,23,25,27-43H;7-10,12-13H,1-6H3;1-6,8-9,14-15H,10-12H2;1-4,6-7H;1-4H,(H,8,9);3,6H,1-2H3;;;;/q-3;3*-1;;;;;;+3. The SMILES string of the molecule is CC(=O)C=C(C)O.CC1(C)c2c[c-]c3c(ccc4cccnc43)c2C(C)(C)C1(C)C.Fc1c[c-]c(-c2ccccn2)c(F)c1.O=C(O)c1ccccn1.[Ir+3].[Ir].[Ir].[Ir].[c-]1ccccc1-c1ccc(-c2ccccc2-c2cc(-c3ccccc3-c3ccc(-c4[c-]cccc4)nc3)cc(-c3ccccc3-c3cnc(-c4[c-]cccc4)cc3-c3ccccc3)c2)cn1.[c-]1ccccc1-c1nc2ccccc2c2c1C1CCC2C1. The number of fused-ring (bicyclic) bond motifs is 12. The second-order valence-electron chi connectivity index (χ2n) is 36.6. The first kappa shape index (κ1) is 106. The molecule has 23 rings (SSSR count). The Morgan fingerprint density at radius 2 is 0.882 bits per heavy atom. The van der Waals surface area contributed by atoms with Gasteiger partial charge >= 0.3 is 26.1 Å². The molecule has 17 heteroatoms. The first-order valence-electron chi connectivity index (χ1n) is 46.8. The van der Waals surface area contributed by atoms with Crippen molar-refractivity contribution in [3.63, 3.8) is 0 Å². The molecule has 7 aromatic heterocycles. The molecule has 2 bridgehead atoms. The Balaban J connectivity index is 0.000000169. The maximum atomic E-state index is 13.2. The molecule has 0 spiro atoms. The molecule has 144 heavy (non-hydrogen) atoms. The number of allylic oxidation sites excluding steroid dienone is 2. The van der Waals surface area contributed by atoms with E-state index in [2.05, 4.69) is 311 Å². The molecule has 2 unspecified atom stereocenters. The molecule has 3 radical (unpaired) electrons. The van der Waals surface area contributed by atoms with Gasteiger partial charge in [0.25, 0.3) is 0 Å². The van der Waals surface area contributed by atoms with Gasteiger partial charge in [-0.15, -0.1) is 190 Å². The molecule has 3 aliphatic rings. The van der Waals surface area contributed by atoms with Crippen molar-refractivity contribution >= 4 is 44.3 Å². The van der Waals surface area contributed by atoms with Crippen LogP contribution in [0.3, 0.4) is 0 Å². The molecule has 3 aliphatic carbocycles. The number of rotatable bonds is 14. The van der Waals surface area contributed by atoms with Gasteiger partial charge in [-0.05, 0) is 227 Å². The number of aromatic nitrogens is 7. The summed E-state index contributed by atoms with van der Waals surface area (Å²) in [6.07, 6.45) is 16.0. The zero-order valence-corrected chi connectivity index (χ0v) is 89.8. The van der Waals surface area contributed by atoms with Crippen LogP contribution in [0.2, 0.25) is 0 Å². The average molecular weight is 2590 g/mol. The summed E-state index contributed by atoms with van der Waals surface area (Å²) in [5.74, 6) is -0.875. The molecule has 0 amide bonds. The van der Waals surface area contributed by atoms with Gasteiger partial charge in [-0.1, -0.05) is 247 Å². The molecule has 20 aromatic rings. The van der Waals surface area contributed by atoms with E-state index in [1.807, 2.05) is 110 Å². The number of ketones is 1. The molecule has 11 nitrogen and oxygen atoms in total. The number of benzene rings is 13. The summed E-state index contributed by atoms with van der Waals surface area (Å²) in [4.78, 5) is 52.2. The van der Waals surface area contributed by atoms with Crippen LogP contribution in [0, 0.1) is 53.4 Å². The molecule has 7 heterocycles. The number of aliphatic hydroxyl groups excluding tert-OH is 1. The monoisotopic (exact) mass is 2600 g/mol. The van der Waals surface area contributed by atoms with E-state index in [0.29, 0.717) is 11.6 Å². The van der Waals surface area contributed by atoms with Crippen LogP contribution in [-0.2, 0) is 96.0 Å². The van der Waals surface area contributed by atoms with Gasteiger partial charge in [0.15, 0.2) is 5.78 Å². The molecule has 1 saturated carbocycles. The summed E-state index contributed by atoms with van der Waals surface area (Å²) in [6.45, 7) is 17.2. The zero-order chi connectivity index (χ0) is 97.0. The minimum absolute atomic E-state index is 0. The summed E-state index contributed by atoms with van der Waals surface area (Å²) in [7, 11) is 0. The summed E-state index contributed by atoms with van der Waals surface area (Å²) in [6, 6.07) is 137. The van der Waals surface area contributed by atoms with Crippen LogP contribution in [-0.4, -0.2) is 56.9 Å². The normalized spacial score (nSPS) is 13.8. The number of carbonyl (C=O) groups excluding carboxylic acids is 1. The number of aliphatic hydroxyl groups is 1. The van der Waals surface area contributed by atoms with Gasteiger partial charge in [0, 0.05) is 126 Å². The number of carboxylic acid groups (broad SMARTS) is 1. The Labute approximate surface area is 894 Å². The third-order valence-corrected chi connectivity index (χ3v) is 27.4. The molecular weight excluding hydrogens is 2490 g/mol. The van der Waals surface area contributed by atoms with Crippen LogP contribution < -0.4 is 0 Å². The summed E-state index contributed by atoms with van der Waals surface area (Å²) in [5, 5.41) is 21.7. The number of halogens is 2. The van der Waals surface area contributed by atoms with E-state index in [1.54, 1.807) is 42.1 Å². The van der Waals surface area contributed by atoms with E-state index in [1.165, 1.54) is 90.0 Å². The van der Waals surface area contributed by atoms with Crippen LogP contribution >= 0.6 is 0 Å². The van der Waals surface area contributed by atoms with Crippen molar-refractivity contribution in [1.82, 2.24) is 34.9 Å². The summed E-state index contributed by atoms with van der Waals surface area (Å²) < 4.78 is 25.8. The number of nitrogens with zero attached hydrogens (tertiary/aromatic N) is 7. The molecule has 0 saturated heterocycles. The summed E-state index contributed by atoms with van der Waals surface area (Å²) in [5.41, 5.74) is 32.4. The van der Waals surface area contributed by atoms with E-state index in [0.717, 1.165) is 152 Å². The van der Waals surface area contributed by atoms with Crippen molar-refractivity contribution < 1.29 is 109 Å². The molecule has 719 valence electrons. The van der Waals surface area contributed by atoms with Gasteiger partial charge < -0.3 is 35.1 Å². The number of pyridine rings is 7. The van der Waals surface area contributed by atoms with Gasteiger partial charge in [0.1, 0.15) is 5.69 Å². The van der Waals surface area contributed by atoms with Gasteiger partial charge in [0.05, 0.1) is 11.3 Å². The van der Waals surface area contributed by atoms with E-state index in [4.69, 9.17) is 30.1 Å². The largest absolute Gasteiger partial charge is 3.00 e. The minimum Gasteiger partial charge on any atom is -0.512 e. The second-order valence-corrected chi connectivity index (χ2v) is 36.6. The van der Waals surface area contributed by atoms with Gasteiger partial charge in [-0.3, -0.25) is 18.6 Å². The van der Waals surface area contributed by atoms with Crippen LogP contribution in [0.4, 0.5) is 8.78 Å².